The van der Waals surface area contributed by atoms with Gasteiger partial charge in [0.25, 0.3) is 0 Å². The summed E-state index contributed by atoms with van der Waals surface area (Å²) in [6.45, 7) is 1.82. The number of rotatable bonds is 4. The molecule has 1 fully saturated rings. The molecule has 1 aliphatic rings. The van der Waals surface area contributed by atoms with E-state index >= 15 is 0 Å². The van der Waals surface area contributed by atoms with Crippen molar-refractivity contribution in [3.05, 3.63) is 30.8 Å². The highest BCUT2D eigenvalue weighted by molar-refractivity contribution is 7.18. The van der Waals surface area contributed by atoms with Crippen LogP contribution >= 0.6 is 11.3 Å². The third-order valence-electron chi connectivity index (χ3n) is 3.67. The maximum atomic E-state index is 4.84. The van der Waals surface area contributed by atoms with Gasteiger partial charge in [-0.2, -0.15) is 0 Å². The third kappa shape index (κ3) is 3.14. The molecule has 4 rings (SSSR count). The highest BCUT2D eigenvalue weighted by Gasteiger charge is 2.22. The van der Waals surface area contributed by atoms with Gasteiger partial charge in [-0.05, 0) is 18.9 Å². The van der Waals surface area contributed by atoms with Crippen LogP contribution in [0.2, 0.25) is 0 Å². The second kappa shape index (κ2) is 6.29. The summed E-state index contributed by atoms with van der Waals surface area (Å²) in [7, 11) is 0. The Hall–Kier alpha value is -2.55. The van der Waals surface area contributed by atoms with E-state index in [1.54, 1.807) is 18.5 Å². The van der Waals surface area contributed by atoms with Gasteiger partial charge in [0.05, 0.1) is 0 Å². The summed E-state index contributed by atoms with van der Waals surface area (Å²) in [6, 6.07) is 3.90. The van der Waals surface area contributed by atoms with Crippen LogP contribution in [-0.2, 0) is 0 Å². The van der Waals surface area contributed by atoms with Crippen LogP contribution < -0.4 is 10.2 Å². The Morgan fingerprint density at radius 1 is 1.26 bits per heavy atom. The summed E-state index contributed by atoms with van der Waals surface area (Å²) in [5.74, 6) is 0.777. The van der Waals surface area contributed by atoms with E-state index in [0.717, 1.165) is 42.0 Å². The van der Waals surface area contributed by atoms with Crippen LogP contribution in [0.15, 0.2) is 35.3 Å². The number of nitrogens with zero attached hydrogens (tertiary/aromatic N) is 6. The Morgan fingerprint density at radius 2 is 2.17 bits per heavy atom. The summed E-state index contributed by atoms with van der Waals surface area (Å²) in [6.07, 6.45) is 7.25. The van der Waals surface area contributed by atoms with Gasteiger partial charge >= 0.3 is 0 Å². The van der Waals surface area contributed by atoms with Crippen molar-refractivity contribution in [2.45, 2.75) is 18.9 Å². The van der Waals surface area contributed by atoms with Gasteiger partial charge in [-0.15, -0.1) is 10.2 Å². The zero-order valence-electron chi connectivity index (χ0n) is 12.3. The first-order chi connectivity index (χ1) is 11.4. The first-order valence-electron chi connectivity index (χ1n) is 7.41. The molecule has 0 aromatic carbocycles. The van der Waals surface area contributed by atoms with Crippen LogP contribution in [0.1, 0.15) is 12.8 Å². The summed E-state index contributed by atoms with van der Waals surface area (Å²) >= 11 is 1.48. The third-order valence-corrected chi connectivity index (χ3v) is 4.54. The van der Waals surface area contributed by atoms with Crippen molar-refractivity contribution >= 4 is 22.4 Å². The van der Waals surface area contributed by atoms with Crippen LogP contribution in [-0.4, -0.2) is 44.5 Å². The Labute approximate surface area is 136 Å². The molecule has 1 unspecified atom stereocenters. The predicted octanol–water partition coefficient (Wildman–Crippen LogP) is 2.06. The van der Waals surface area contributed by atoms with E-state index in [2.05, 4.69) is 35.5 Å². The quantitative estimate of drug-likeness (QED) is 0.777. The van der Waals surface area contributed by atoms with E-state index in [0.29, 0.717) is 11.7 Å². The van der Waals surface area contributed by atoms with Gasteiger partial charge in [0.15, 0.2) is 5.01 Å². The van der Waals surface area contributed by atoms with Gasteiger partial charge < -0.3 is 14.7 Å². The fraction of sp³-hybridized carbons (Fsp3) is 0.357. The Balaban J connectivity index is 1.43. The minimum absolute atomic E-state index is 0.297. The number of hydrogen-bond donors (Lipinski definition) is 1. The van der Waals surface area contributed by atoms with E-state index in [1.165, 1.54) is 17.6 Å². The van der Waals surface area contributed by atoms with Crippen molar-refractivity contribution in [3.63, 3.8) is 0 Å². The van der Waals surface area contributed by atoms with E-state index in [9.17, 15) is 0 Å². The summed E-state index contributed by atoms with van der Waals surface area (Å²) < 4.78 is 4.84. The van der Waals surface area contributed by atoms with Gasteiger partial charge in [0.1, 0.15) is 12.0 Å². The number of hydrogen-bond acceptors (Lipinski definition) is 9. The fourth-order valence-electron chi connectivity index (χ4n) is 2.61. The zero-order chi connectivity index (χ0) is 15.5. The molecule has 0 radical (unpaired) electrons. The highest BCUT2D eigenvalue weighted by atomic mass is 32.1. The predicted molar refractivity (Wildman–Crippen MR) is 86.3 cm³/mol. The minimum atomic E-state index is 0.297. The standard InChI is InChI=1S/C14H15N7OS/c1-3-10(9-21(7-1)13-15-5-2-6-16-13)17-14-19-18-12(23-14)11-4-8-22-20-11/h2,4-6,8,10H,1,3,7,9H2,(H,17,19). The molecule has 0 spiro atoms. The van der Waals surface area contributed by atoms with Gasteiger partial charge in [-0.1, -0.05) is 16.5 Å². The lowest BCUT2D eigenvalue weighted by atomic mass is 10.1. The lowest BCUT2D eigenvalue weighted by Gasteiger charge is -2.32. The molecule has 3 aromatic heterocycles. The van der Waals surface area contributed by atoms with Crippen molar-refractivity contribution in [1.29, 1.82) is 0 Å². The van der Waals surface area contributed by atoms with Gasteiger partial charge in [0, 0.05) is 37.6 Å². The second-order valence-corrected chi connectivity index (χ2v) is 6.25. The van der Waals surface area contributed by atoms with Crippen LogP contribution in [0.4, 0.5) is 11.1 Å². The van der Waals surface area contributed by atoms with E-state index < -0.39 is 0 Å². The van der Waals surface area contributed by atoms with Crippen LogP contribution in [0.3, 0.4) is 0 Å². The van der Waals surface area contributed by atoms with Gasteiger partial charge in [-0.3, -0.25) is 0 Å². The molecule has 1 saturated heterocycles. The van der Waals surface area contributed by atoms with Gasteiger partial charge in [-0.25, -0.2) is 9.97 Å². The molecule has 1 aliphatic heterocycles. The molecule has 118 valence electrons. The summed E-state index contributed by atoms with van der Waals surface area (Å²) in [5.41, 5.74) is 0.707. The molecule has 1 atom stereocenters. The molecule has 4 heterocycles. The van der Waals surface area contributed by atoms with Crippen molar-refractivity contribution in [2.24, 2.45) is 0 Å². The maximum absolute atomic E-state index is 4.84. The van der Waals surface area contributed by atoms with Crippen LogP contribution in [0.25, 0.3) is 10.7 Å². The molecule has 3 aromatic rings. The Bertz CT molecular complexity index is 746. The molecule has 9 heteroatoms. The topological polar surface area (TPSA) is 92.9 Å². The van der Waals surface area contributed by atoms with E-state index in [-0.39, 0.29) is 0 Å². The summed E-state index contributed by atoms with van der Waals surface area (Å²) in [4.78, 5) is 10.8. The average Bonchev–Trinajstić information content (AvgIpc) is 3.27. The molecule has 0 bridgehead atoms. The van der Waals surface area contributed by atoms with Crippen molar-refractivity contribution < 1.29 is 4.52 Å². The second-order valence-electron chi connectivity index (χ2n) is 5.28. The van der Waals surface area contributed by atoms with Crippen molar-refractivity contribution in [1.82, 2.24) is 25.3 Å². The normalized spacial score (nSPS) is 18.1. The molecule has 23 heavy (non-hydrogen) atoms. The molecule has 0 aliphatic carbocycles. The smallest absolute Gasteiger partial charge is 0.225 e. The molecule has 0 saturated carbocycles. The number of anilines is 2. The Kier molecular flexibility index (Phi) is 3.85. The lowest BCUT2D eigenvalue weighted by Crippen LogP contribution is -2.42. The molecular weight excluding hydrogens is 314 g/mol. The maximum Gasteiger partial charge on any atom is 0.225 e. The van der Waals surface area contributed by atoms with Gasteiger partial charge in [0.2, 0.25) is 11.1 Å². The average molecular weight is 329 g/mol. The van der Waals surface area contributed by atoms with Crippen molar-refractivity contribution in [3.8, 4) is 10.7 Å². The fourth-order valence-corrected chi connectivity index (χ4v) is 3.40. The Morgan fingerprint density at radius 3 is 3.00 bits per heavy atom. The largest absolute Gasteiger partial charge is 0.364 e. The first-order valence-corrected chi connectivity index (χ1v) is 8.23. The molecule has 0 amide bonds. The number of nitrogens with one attached hydrogen (secondary N) is 1. The number of piperidine rings is 1. The van der Waals surface area contributed by atoms with Crippen LogP contribution in [0, 0.1) is 0 Å². The first kappa shape index (κ1) is 14.1. The molecular formula is C14H15N7OS. The molecule has 1 N–H and O–H groups in total. The number of aromatic nitrogens is 5. The van der Waals surface area contributed by atoms with Crippen molar-refractivity contribution in [2.75, 3.05) is 23.3 Å². The minimum Gasteiger partial charge on any atom is -0.364 e. The molecule has 8 nitrogen and oxygen atoms in total. The SMILES string of the molecule is c1cnc(N2CCCC(Nc3nnc(-c4ccon4)s3)C2)nc1. The van der Waals surface area contributed by atoms with E-state index in [4.69, 9.17) is 4.52 Å². The van der Waals surface area contributed by atoms with Crippen LogP contribution in [0.5, 0.6) is 0 Å². The highest BCUT2D eigenvalue weighted by Crippen LogP contribution is 2.26. The zero-order valence-corrected chi connectivity index (χ0v) is 13.1. The summed E-state index contributed by atoms with van der Waals surface area (Å²) in [5, 5.41) is 17.2. The lowest BCUT2D eigenvalue weighted by molar-refractivity contribution is 0.422. The monoisotopic (exact) mass is 329 g/mol. The van der Waals surface area contributed by atoms with E-state index in [1.807, 2.05) is 6.07 Å².